The Kier molecular flexibility index (Phi) is 6.27. The Balaban J connectivity index is 2.50. The molecule has 3 N–H and O–H groups in total. The number of rotatable bonds is 6. The monoisotopic (exact) mass is 299 g/mol. The van der Waals surface area contributed by atoms with Crippen LogP contribution in [0.2, 0.25) is 5.02 Å². The molecule has 0 atom stereocenters. The lowest BCUT2D eigenvalue weighted by Gasteiger charge is -2.11. The van der Waals surface area contributed by atoms with Crippen LogP contribution in [0.1, 0.15) is 16.8 Å². The molecule has 110 valence electrons. The molecule has 6 nitrogen and oxygen atoms in total. The van der Waals surface area contributed by atoms with Crippen LogP contribution in [0.3, 0.4) is 0 Å². The number of hydrogen-bond acceptors (Lipinski definition) is 3. The fourth-order valence-electron chi connectivity index (χ4n) is 1.54. The molecule has 1 aromatic carbocycles. The maximum absolute atomic E-state index is 11.6. The molecule has 0 spiro atoms. The summed E-state index contributed by atoms with van der Waals surface area (Å²) in [5.41, 5.74) is 0.342. The van der Waals surface area contributed by atoms with Crippen molar-refractivity contribution in [3.05, 3.63) is 28.8 Å². The Morgan fingerprint density at radius 3 is 2.65 bits per heavy atom. The fourth-order valence-corrected chi connectivity index (χ4v) is 1.74. The first-order valence-electron chi connectivity index (χ1n) is 6.12. The zero-order valence-corrected chi connectivity index (χ0v) is 12.2. The fraction of sp³-hybridized carbons (Fsp3) is 0.385. The van der Waals surface area contributed by atoms with E-state index >= 15 is 0 Å². The summed E-state index contributed by atoms with van der Waals surface area (Å²) < 4.78 is 0. The van der Waals surface area contributed by atoms with Gasteiger partial charge >= 0.3 is 12.0 Å². The number of carboxylic acid groups (broad SMARTS) is 1. The van der Waals surface area contributed by atoms with Crippen molar-refractivity contribution in [1.29, 1.82) is 0 Å². The van der Waals surface area contributed by atoms with Crippen molar-refractivity contribution in [2.45, 2.75) is 6.42 Å². The second-order valence-electron chi connectivity index (χ2n) is 4.54. The van der Waals surface area contributed by atoms with Crippen molar-refractivity contribution < 1.29 is 14.7 Å². The molecule has 1 aromatic rings. The Labute approximate surface area is 122 Å². The maximum atomic E-state index is 11.6. The van der Waals surface area contributed by atoms with Crippen molar-refractivity contribution in [3.8, 4) is 0 Å². The molecule has 0 aliphatic heterocycles. The van der Waals surface area contributed by atoms with E-state index in [1.807, 2.05) is 19.0 Å². The molecule has 7 heteroatoms. The van der Waals surface area contributed by atoms with Crippen LogP contribution in [0.5, 0.6) is 0 Å². The third-order valence-electron chi connectivity index (χ3n) is 2.52. The van der Waals surface area contributed by atoms with E-state index in [2.05, 4.69) is 10.6 Å². The molecule has 0 saturated carbocycles. The van der Waals surface area contributed by atoms with Gasteiger partial charge in [0.2, 0.25) is 0 Å². The quantitative estimate of drug-likeness (QED) is 0.703. The van der Waals surface area contributed by atoms with Gasteiger partial charge in [0.05, 0.1) is 10.6 Å². The summed E-state index contributed by atoms with van der Waals surface area (Å²) in [6.45, 7) is 1.42. The van der Waals surface area contributed by atoms with Crippen LogP contribution >= 0.6 is 11.6 Å². The lowest BCUT2D eigenvalue weighted by molar-refractivity contribution is 0.0697. The highest BCUT2D eigenvalue weighted by atomic mass is 35.5. The van der Waals surface area contributed by atoms with Crippen molar-refractivity contribution in [2.75, 3.05) is 32.5 Å². The van der Waals surface area contributed by atoms with Gasteiger partial charge in [-0.2, -0.15) is 0 Å². The predicted molar refractivity (Wildman–Crippen MR) is 78.6 cm³/mol. The summed E-state index contributed by atoms with van der Waals surface area (Å²) in [5.74, 6) is -1.13. The molecule has 20 heavy (non-hydrogen) atoms. The second kappa shape index (κ2) is 7.72. The lowest BCUT2D eigenvalue weighted by atomic mass is 10.2. The van der Waals surface area contributed by atoms with Gasteiger partial charge in [-0.15, -0.1) is 0 Å². The van der Waals surface area contributed by atoms with Gasteiger partial charge in [-0.25, -0.2) is 9.59 Å². The van der Waals surface area contributed by atoms with Gasteiger partial charge < -0.3 is 20.6 Å². The molecule has 0 bridgehead atoms. The van der Waals surface area contributed by atoms with E-state index in [0.29, 0.717) is 12.2 Å². The summed E-state index contributed by atoms with van der Waals surface area (Å²) >= 11 is 5.75. The summed E-state index contributed by atoms with van der Waals surface area (Å²) in [5, 5.41) is 14.3. The van der Waals surface area contributed by atoms with Crippen LogP contribution in [-0.2, 0) is 0 Å². The number of carbonyl (C=O) groups excluding carboxylic acids is 1. The first-order chi connectivity index (χ1) is 9.40. The number of aromatic carboxylic acids is 1. The minimum absolute atomic E-state index is 0.0444. The Morgan fingerprint density at radius 2 is 2.05 bits per heavy atom. The SMILES string of the molecule is CN(C)CCCNC(=O)Nc1ccc(Cl)c(C(=O)O)c1. The molecular weight excluding hydrogens is 282 g/mol. The number of halogens is 1. The van der Waals surface area contributed by atoms with E-state index in [0.717, 1.165) is 13.0 Å². The molecule has 0 heterocycles. The molecule has 0 unspecified atom stereocenters. The number of nitrogens with zero attached hydrogens (tertiary/aromatic N) is 1. The number of benzene rings is 1. The van der Waals surface area contributed by atoms with Crippen LogP contribution in [-0.4, -0.2) is 49.2 Å². The molecule has 2 amide bonds. The van der Waals surface area contributed by atoms with Gasteiger partial charge in [0.25, 0.3) is 0 Å². The topological polar surface area (TPSA) is 81.7 Å². The lowest BCUT2D eigenvalue weighted by Crippen LogP contribution is -2.31. The highest BCUT2D eigenvalue weighted by Crippen LogP contribution is 2.20. The molecule has 1 rings (SSSR count). The highest BCUT2D eigenvalue weighted by Gasteiger charge is 2.10. The van der Waals surface area contributed by atoms with Crippen LogP contribution in [0.4, 0.5) is 10.5 Å². The molecule has 0 radical (unpaired) electrons. The summed E-state index contributed by atoms with van der Waals surface area (Å²) in [6, 6.07) is 3.94. The number of carboxylic acids is 1. The van der Waals surface area contributed by atoms with E-state index in [4.69, 9.17) is 16.7 Å². The van der Waals surface area contributed by atoms with Crippen molar-refractivity contribution in [1.82, 2.24) is 10.2 Å². The minimum atomic E-state index is -1.13. The van der Waals surface area contributed by atoms with Crippen LogP contribution in [0.15, 0.2) is 18.2 Å². The second-order valence-corrected chi connectivity index (χ2v) is 4.94. The van der Waals surface area contributed by atoms with Gasteiger partial charge in [0.15, 0.2) is 0 Å². The van der Waals surface area contributed by atoms with Crippen molar-refractivity contribution in [3.63, 3.8) is 0 Å². The van der Waals surface area contributed by atoms with Crippen LogP contribution in [0, 0.1) is 0 Å². The number of anilines is 1. The minimum Gasteiger partial charge on any atom is -0.478 e. The van der Waals surface area contributed by atoms with E-state index in [1.165, 1.54) is 12.1 Å². The first-order valence-corrected chi connectivity index (χ1v) is 6.50. The smallest absolute Gasteiger partial charge is 0.337 e. The third-order valence-corrected chi connectivity index (χ3v) is 2.85. The van der Waals surface area contributed by atoms with Gasteiger partial charge in [0, 0.05) is 12.2 Å². The number of hydrogen-bond donors (Lipinski definition) is 3. The normalized spacial score (nSPS) is 10.4. The zero-order valence-electron chi connectivity index (χ0n) is 11.4. The van der Waals surface area contributed by atoms with Gasteiger partial charge in [0.1, 0.15) is 0 Å². The van der Waals surface area contributed by atoms with E-state index in [-0.39, 0.29) is 16.6 Å². The highest BCUT2D eigenvalue weighted by molar-refractivity contribution is 6.33. The number of carbonyl (C=O) groups is 2. The van der Waals surface area contributed by atoms with Crippen molar-refractivity contribution in [2.24, 2.45) is 0 Å². The van der Waals surface area contributed by atoms with Gasteiger partial charge in [-0.1, -0.05) is 11.6 Å². The average Bonchev–Trinajstić information content (AvgIpc) is 2.36. The first kappa shape index (κ1) is 16.3. The largest absolute Gasteiger partial charge is 0.478 e. The van der Waals surface area contributed by atoms with Crippen LogP contribution in [0.25, 0.3) is 0 Å². The molecule has 0 saturated heterocycles. The van der Waals surface area contributed by atoms with Crippen molar-refractivity contribution >= 4 is 29.3 Å². The van der Waals surface area contributed by atoms with Gasteiger partial charge in [-0.05, 0) is 45.3 Å². The number of amides is 2. The maximum Gasteiger partial charge on any atom is 0.337 e. The Hall–Kier alpha value is -1.79. The Bertz CT molecular complexity index is 492. The van der Waals surface area contributed by atoms with E-state index in [9.17, 15) is 9.59 Å². The summed E-state index contributed by atoms with van der Waals surface area (Å²) in [7, 11) is 3.92. The molecule has 0 fully saturated rings. The number of nitrogens with one attached hydrogen (secondary N) is 2. The van der Waals surface area contributed by atoms with E-state index < -0.39 is 5.97 Å². The zero-order chi connectivity index (χ0) is 15.1. The molecule has 0 aromatic heterocycles. The predicted octanol–water partition coefficient (Wildman–Crippen LogP) is 2.11. The van der Waals surface area contributed by atoms with Crippen LogP contribution < -0.4 is 10.6 Å². The molecular formula is C13H18ClN3O3. The standard InChI is InChI=1S/C13H18ClN3O3/c1-17(2)7-3-6-15-13(20)16-9-4-5-11(14)10(8-9)12(18)19/h4-5,8H,3,6-7H2,1-2H3,(H,18,19)(H2,15,16,20). The van der Waals surface area contributed by atoms with E-state index in [1.54, 1.807) is 6.07 Å². The summed E-state index contributed by atoms with van der Waals surface area (Å²) in [6.07, 6.45) is 0.835. The molecule has 0 aliphatic carbocycles. The Morgan fingerprint density at radius 1 is 1.35 bits per heavy atom. The van der Waals surface area contributed by atoms with Gasteiger partial charge in [-0.3, -0.25) is 0 Å². The third kappa shape index (κ3) is 5.46. The number of urea groups is 1. The average molecular weight is 300 g/mol. The summed E-state index contributed by atoms with van der Waals surface area (Å²) in [4.78, 5) is 24.5. The molecule has 0 aliphatic rings.